The number of hydrogen-bond donors (Lipinski definition) is 0. The standard InChI is InChI=1S/C19H20N6OS/c1-26-19-16(9-20)17(4-5-22-19)24-7-2-3-14(10-24)18-21-6-8-25(18)11-15-12-27-13-23-15/h4-6,8,12-14H,2-3,7,10-11H2,1H3. The van der Waals surface area contributed by atoms with Crippen LogP contribution in [0.3, 0.4) is 0 Å². The molecule has 138 valence electrons. The molecule has 0 radical (unpaired) electrons. The number of aromatic nitrogens is 4. The van der Waals surface area contributed by atoms with E-state index in [4.69, 9.17) is 4.74 Å². The van der Waals surface area contributed by atoms with E-state index in [9.17, 15) is 5.26 Å². The third-order valence-electron chi connectivity index (χ3n) is 4.89. The van der Waals surface area contributed by atoms with Crippen molar-refractivity contribution in [3.8, 4) is 11.9 Å². The van der Waals surface area contributed by atoms with E-state index in [1.807, 2.05) is 24.0 Å². The molecular formula is C19H20N6OS. The van der Waals surface area contributed by atoms with Gasteiger partial charge in [-0.15, -0.1) is 11.3 Å². The summed E-state index contributed by atoms with van der Waals surface area (Å²) in [6.07, 6.45) is 7.70. The maximum atomic E-state index is 9.58. The van der Waals surface area contributed by atoms with Gasteiger partial charge in [-0.2, -0.15) is 5.26 Å². The van der Waals surface area contributed by atoms with Crippen LogP contribution in [0.25, 0.3) is 0 Å². The second kappa shape index (κ2) is 7.76. The van der Waals surface area contributed by atoms with Crippen molar-refractivity contribution in [2.75, 3.05) is 25.1 Å². The number of hydrogen-bond acceptors (Lipinski definition) is 7. The predicted octanol–water partition coefficient (Wildman–Crippen LogP) is 3.05. The van der Waals surface area contributed by atoms with Crippen LogP contribution in [0.2, 0.25) is 0 Å². The molecule has 3 aromatic rings. The zero-order chi connectivity index (χ0) is 18.6. The second-order valence-electron chi connectivity index (χ2n) is 6.50. The third kappa shape index (κ3) is 3.51. The highest BCUT2D eigenvalue weighted by atomic mass is 32.1. The lowest BCUT2D eigenvalue weighted by molar-refractivity contribution is 0.396. The van der Waals surface area contributed by atoms with Crippen molar-refractivity contribution < 1.29 is 4.74 Å². The van der Waals surface area contributed by atoms with Gasteiger partial charge in [-0.3, -0.25) is 0 Å². The summed E-state index contributed by atoms with van der Waals surface area (Å²) in [6.45, 7) is 2.46. The van der Waals surface area contributed by atoms with Gasteiger partial charge in [0.2, 0.25) is 5.88 Å². The van der Waals surface area contributed by atoms with Gasteiger partial charge in [0.25, 0.3) is 0 Å². The number of nitriles is 1. The molecule has 4 heterocycles. The Hall–Kier alpha value is -2.92. The number of methoxy groups -OCH3 is 1. The first kappa shape index (κ1) is 17.5. The van der Waals surface area contributed by atoms with E-state index in [2.05, 4.69) is 35.9 Å². The molecule has 3 aromatic heterocycles. The average Bonchev–Trinajstić information content (AvgIpc) is 3.40. The van der Waals surface area contributed by atoms with E-state index in [1.54, 1.807) is 24.6 Å². The molecule has 0 saturated carbocycles. The molecule has 7 nitrogen and oxygen atoms in total. The van der Waals surface area contributed by atoms with E-state index in [-0.39, 0.29) is 0 Å². The summed E-state index contributed by atoms with van der Waals surface area (Å²) in [5, 5.41) is 11.6. The maximum Gasteiger partial charge on any atom is 0.233 e. The molecule has 1 aliphatic rings. The Bertz CT molecular complexity index is 946. The van der Waals surface area contributed by atoms with Crippen molar-refractivity contribution in [2.24, 2.45) is 0 Å². The number of pyridine rings is 1. The van der Waals surface area contributed by atoms with E-state index in [1.165, 1.54) is 0 Å². The summed E-state index contributed by atoms with van der Waals surface area (Å²) in [7, 11) is 1.54. The Morgan fingerprint density at radius 1 is 1.33 bits per heavy atom. The number of rotatable bonds is 5. The van der Waals surface area contributed by atoms with Crippen LogP contribution in [0, 0.1) is 11.3 Å². The van der Waals surface area contributed by atoms with Crippen LogP contribution in [0.15, 0.2) is 35.5 Å². The number of imidazole rings is 1. The van der Waals surface area contributed by atoms with Gasteiger partial charge in [-0.25, -0.2) is 15.0 Å². The minimum Gasteiger partial charge on any atom is -0.480 e. The zero-order valence-corrected chi connectivity index (χ0v) is 15.9. The molecule has 27 heavy (non-hydrogen) atoms. The van der Waals surface area contributed by atoms with Crippen molar-refractivity contribution in [2.45, 2.75) is 25.3 Å². The van der Waals surface area contributed by atoms with Crippen LogP contribution in [0.5, 0.6) is 5.88 Å². The Kier molecular flexibility index (Phi) is 5.03. The SMILES string of the molecule is COc1nccc(N2CCCC(c3nccn3Cc3cscn3)C2)c1C#N. The van der Waals surface area contributed by atoms with E-state index in [0.717, 1.165) is 49.7 Å². The maximum absolute atomic E-state index is 9.58. The third-order valence-corrected chi connectivity index (χ3v) is 5.53. The molecule has 1 unspecified atom stereocenters. The van der Waals surface area contributed by atoms with Crippen LogP contribution in [0.4, 0.5) is 5.69 Å². The molecule has 0 bridgehead atoms. The van der Waals surface area contributed by atoms with Crippen LogP contribution in [0.1, 0.15) is 35.8 Å². The number of anilines is 1. The Morgan fingerprint density at radius 3 is 3.04 bits per heavy atom. The lowest BCUT2D eigenvalue weighted by Gasteiger charge is -2.34. The molecule has 1 atom stereocenters. The van der Waals surface area contributed by atoms with Gasteiger partial charge in [0.05, 0.1) is 30.5 Å². The fourth-order valence-electron chi connectivity index (χ4n) is 3.67. The molecule has 0 aliphatic carbocycles. The minimum atomic E-state index is 0.304. The fraction of sp³-hybridized carbons (Fsp3) is 0.368. The molecule has 0 amide bonds. The van der Waals surface area contributed by atoms with Crippen molar-refractivity contribution in [1.82, 2.24) is 19.5 Å². The highest BCUT2D eigenvalue weighted by Gasteiger charge is 2.27. The monoisotopic (exact) mass is 380 g/mol. The Morgan fingerprint density at radius 2 is 2.26 bits per heavy atom. The predicted molar refractivity (Wildman–Crippen MR) is 103 cm³/mol. The van der Waals surface area contributed by atoms with Gasteiger partial charge in [0.15, 0.2) is 0 Å². The Balaban J connectivity index is 1.58. The van der Waals surface area contributed by atoms with Crippen LogP contribution >= 0.6 is 11.3 Å². The molecule has 8 heteroatoms. The van der Waals surface area contributed by atoms with Crippen molar-refractivity contribution in [1.29, 1.82) is 5.26 Å². The summed E-state index contributed by atoms with van der Waals surface area (Å²) in [6, 6.07) is 4.14. The van der Waals surface area contributed by atoms with Gasteiger partial charge >= 0.3 is 0 Å². The highest BCUT2D eigenvalue weighted by Crippen LogP contribution is 2.33. The lowest BCUT2D eigenvalue weighted by Crippen LogP contribution is -2.36. The molecule has 1 fully saturated rings. The van der Waals surface area contributed by atoms with E-state index < -0.39 is 0 Å². The summed E-state index contributed by atoms with van der Waals surface area (Å²) in [5.41, 5.74) is 4.28. The van der Waals surface area contributed by atoms with Crippen molar-refractivity contribution >= 4 is 17.0 Å². The van der Waals surface area contributed by atoms with Gasteiger partial charge < -0.3 is 14.2 Å². The summed E-state index contributed by atoms with van der Waals surface area (Å²) in [5.74, 6) is 1.76. The fourth-order valence-corrected chi connectivity index (χ4v) is 4.22. The Labute approximate surface area is 161 Å². The number of ether oxygens (including phenoxy) is 1. The average molecular weight is 380 g/mol. The molecular weight excluding hydrogens is 360 g/mol. The van der Waals surface area contributed by atoms with Crippen LogP contribution in [-0.4, -0.2) is 39.7 Å². The summed E-state index contributed by atoms with van der Waals surface area (Å²) in [4.78, 5) is 15.4. The first-order chi connectivity index (χ1) is 13.3. The van der Waals surface area contributed by atoms with Gasteiger partial charge in [0, 0.05) is 43.0 Å². The minimum absolute atomic E-state index is 0.304. The first-order valence-corrected chi connectivity index (χ1v) is 9.80. The first-order valence-electron chi connectivity index (χ1n) is 8.86. The molecule has 1 aliphatic heterocycles. The van der Waals surface area contributed by atoms with Crippen molar-refractivity contribution in [3.05, 3.63) is 52.6 Å². The van der Waals surface area contributed by atoms with Crippen LogP contribution < -0.4 is 9.64 Å². The van der Waals surface area contributed by atoms with Crippen LogP contribution in [-0.2, 0) is 6.54 Å². The number of piperidine rings is 1. The molecule has 0 N–H and O–H groups in total. The van der Waals surface area contributed by atoms with E-state index in [0.29, 0.717) is 17.4 Å². The molecule has 0 aromatic carbocycles. The quantitative estimate of drug-likeness (QED) is 0.677. The van der Waals surface area contributed by atoms with Crippen molar-refractivity contribution in [3.63, 3.8) is 0 Å². The van der Waals surface area contributed by atoms with Gasteiger partial charge in [-0.1, -0.05) is 0 Å². The summed E-state index contributed by atoms with van der Waals surface area (Å²) < 4.78 is 7.44. The van der Waals surface area contributed by atoms with Gasteiger partial charge in [0.1, 0.15) is 17.5 Å². The molecule has 0 spiro atoms. The smallest absolute Gasteiger partial charge is 0.233 e. The lowest BCUT2D eigenvalue weighted by atomic mass is 9.96. The van der Waals surface area contributed by atoms with Gasteiger partial charge in [-0.05, 0) is 18.9 Å². The summed E-state index contributed by atoms with van der Waals surface area (Å²) >= 11 is 1.61. The molecule has 4 rings (SSSR count). The zero-order valence-electron chi connectivity index (χ0n) is 15.1. The number of nitrogens with zero attached hydrogens (tertiary/aromatic N) is 6. The van der Waals surface area contributed by atoms with E-state index >= 15 is 0 Å². The topological polar surface area (TPSA) is 79.9 Å². The second-order valence-corrected chi connectivity index (χ2v) is 7.22. The normalized spacial score (nSPS) is 16.9. The highest BCUT2D eigenvalue weighted by molar-refractivity contribution is 7.07. The molecule has 1 saturated heterocycles. The number of thiazole rings is 1. The largest absolute Gasteiger partial charge is 0.480 e.